The van der Waals surface area contributed by atoms with E-state index < -0.39 is 0 Å². The average Bonchev–Trinajstić information content (AvgIpc) is 3.19. The Hall–Kier alpha value is -1.35. The van der Waals surface area contributed by atoms with Crippen LogP contribution in [0.1, 0.15) is 30.4 Å². The normalized spacial score (nSPS) is 29.1. The van der Waals surface area contributed by atoms with Crippen molar-refractivity contribution in [3.8, 4) is 0 Å². The second kappa shape index (κ2) is 4.64. The van der Waals surface area contributed by atoms with Crippen molar-refractivity contribution >= 4 is 5.91 Å². The number of benzene rings is 1. The standard InChI is InChI=1S/C16H21NO2/c1-10(9-18)17(2)16(19)15-13-8-7-11-5-3-4-6-12(11)14(13)15/h3-6,10,13-15,18H,7-9H2,1-2H3. The molecule has 1 N–H and O–H groups in total. The molecule has 0 saturated heterocycles. The van der Waals surface area contributed by atoms with E-state index in [4.69, 9.17) is 0 Å². The van der Waals surface area contributed by atoms with Crippen LogP contribution in [0.5, 0.6) is 0 Å². The van der Waals surface area contributed by atoms with E-state index in [1.54, 1.807) is 11.9 Å². The number of carbonyl (C=O) groups is 1. The van der Waals surface area contributed by atoms with Gasteiger partial charge < -0.3 is 10.0 Å². The van der Waals surface area contributed by atoms with Crippen LogP contribution in [0.25, 0.3) is 0 Å². The van der Waals surface area contributed by atoms with Crippen molar-refractivity contribution in [2.75, 3.05) is 13.7 Å². The van der Waals surface area contributed by atoms with Crippen LogP contribution >= 0.6 is 0 Å². The molecule has 19 heavy (non-hydrogen) atoms. The largest absolute Gasteiger partial charge is 0.394 e. The van der Waals surface area contributed by atoms with Crippen molar-refractivity contribution in [1.82, 2.24) is 4.90 Å². The van der Waals surface area contributed by atoms with E-state index in [0.717, 1.165) is 12.8 Å². The van der Waals surface area contributed by atoms with Gasteiger partial charge in [-0.15, -0.1) is 0 Å². The molecule has 2 aliphatic rings. The van der Waals surface area contributed by atoms with Crippen molar-refractivity contribution in [3.05, 3.63) is 35.4 Å². The minimum Gasteiger partial charge on any atom is -0.394 e. The molecular weight excluding hydrogens is 238 g/mol. The highest BCUT2D eigenvalue weighted by molar-refractivity contribution is 5.84. The van der Waals surface area contributed by atoms with Crippen LogP contribution in [-0.2, 0) is 11.2 Å². The van der Waals surface area contributed by atoms with Crippen molar-refractivity contribution in [2.24, 2.45) is 11.8 Å². The molecule has 102 valence electrons. The minimum atomic E-state index is -0.0922. The summed E-state index contributed by atoms with van der Waals surface area (Å²) in [5.74, 6) is 1.29. The Kier molecular flexibility index (Phi) is 3.09. The molecule has 0 spiro atoms. The summed E-state index contributed by atoms with van der Waals surface area (Å²) in [5.41, 5.74) is 2.79. The third kappa shape index (κ3) is 1.96. The highest BCUT2D eigenvalue weighted by Crippen LogP contribution is 2.60. The zero-order valence-corrected chi connectivity index (χ0v) is 11.5. The van der Waals surface area contributed by atoms with Gasteiger partial charge in [0.05, 0.1) is 12.6 Å². The lowest BCUT2D eigenvalue weighted by Crippen LogP contribution is -2.38. The van der Waals surface area contributed by atoms with Crippen molar-refractivity contribution < 1.29 is 9.90 Å². The zero-order chi connectivity index (χ0) is 13.6. The van der Waals surface area contributed by atoms with E-state index >= 15 is 0 Å². The van der Waals surface area contributed by atoms with Gasteiger partial charge in [-0.1, -0.05) is 24.3 Å². The summed E-state index contributed by atoms with van der Waals surface area (Å²) in [6.07, 6.45) is 2.22. The predicted molar refractivity (Wildman–Crippen MR) is 73.8 cm³/mol. The SMILES string of the molecule is CC(CO)N(C)C(=O)C1C2CCc3ccccc3C21. The number of aryl methyl sites for hydroxylation is 1. The fourth-order valence-electron chi connectivity index (χ4n) is 3.48. The molecule has 0 heterocycles. The monoisotopic (exact) mass is 259 g/mol. The highest BCUT2D eigenvalue weighted by Gasteiger charge is 2.57. The molecule has 1 fully saturated rings. The summed E-state index contributed by atoms with van der Waals surface area (Å²) in [5, 5.41) is 9.18. The second-order valence-electron chi connectivity index (χ2n) is 5.93. The lowest BCUT2D eigenvalue weighted by molar-refractivity contribution is -0.134. The summed E-state index contributed by atoms with van der Waals surface area (Å²) in [7, 11) is 1.81. The number of fused-ring (bicyclic) bond motifs is 3. The third-order valence-corrected chi connectivity index (χ3v) is 4.89. The molecule has 1 aromatic rings. The Balaban J connectivity index is 1.79. The Morgan fingerprint density at radius 3 is 2.95 bits per heavy atom. The number of nitrogens with zero attached hydrogens (tertiary/aromatic N) is 1. The number of aliphatic hydroxyl groups is 1. The summed E-state index contributed by atoms with van der Waals surface area (Å²) in [6.45, 7) is 1.92. The van der Waals surface area contributed by atoms with E-state index in [9.17, 15) is 9.90 Å². The van der Waals surface area contributed by atoms with Crippen LogP contribution < -0.4 is 0 Å². The van der Waals surface area contributed by atoms with E-state index in [-0.39, 0.29) is 24.5 Å². The summed E-state index contributed by atoms with van der Waals surface area (Å²) < 4.78 is 0. The Bertz CT molecular complexity index is 499. The van der Waals surface area contributed by atoms with E-state index in [1.807, 2.05) is 6.92 Å². The van der Waals surface area contributed by atoms with Gasteiger partial charge in [0, 0.05) is 13.0 Å². The number of hydrogen-bond acceptors (Lipinski definition) is 2. The quantitative estimate of drug-likeness (QED) is 0.899. The van der Waals surface area contributed by atoms with Crippen LogP contribution in [0, 0.1) is 11.8 Å². The second-order valence-corrected chi connectivity index (χ2v) is 5.93. The van der Waals surface area contributed by atoms with Gasteiger partial charge >= 0.3 is 0 Å². The van der Waals surface area contributed by atoms with Gasteiger partial charge in [0.2, 0.25) is 5.91 Å². The maximum Gasteiger partial charge on any atom is 0.226 e. The van der Waals surface area contributed by atoms with Gasteiger partial charge in [-0.3, -0.25) is 4.79 Å². The maximum absolute atomic E-state index is 12.5. The highest BCUT2D eigenvalue weighted by atomic mass is 16.3. The number of amides is 1. The summed E-state index contributed by atoms with van der Waals surface area (Å²) >= 11 is 0. The topological polar surface area (TPSA) is 40.5 Å². The van der Waals surface area contributed by atoms with Crippen molar-refractivity contribution in [1.29, 1.82) is 0 Å². The number of aliphatic hydroxyl groups excluding tert-OH is 1. The van der Waals surface area contributed by atoms with Crippen LogP contribution in [0.4, 0.5) is 0 Å². The molecule has 0 aliphatic heterocycles. The fourth-order valence-corrected chi connectivity index (χ4v) is 3.48. The van der Waals surface area contributed by atoms with Crippen LogP contribution in [0.2, 0.25) is 0 Å². The number of hydrogen-bond donors (Lipinski definition) is 1. The lowest BCUT2D eigenvalue weighted by Gasteiger charge is -2.23. The van der Waals surface area contributed by atoms with Gasteiger partial charge in [0.25, 0.3) is 0 Å². The van der Waals surface area contributed by atoms with Gasteiger partial charge in [-0.05, 0) is 42.7 Å². The molecule has 1 aromatic carbocycles. The third-order valence-electron chi connectivity index (χ3n) is 4.89. The van der Waals surface area contributed by atoms with E-state index in [0.29, 0.717) is 11.8 Å². The first-order valence-electron chi connectivity index (χ1n) is 7.10. The fraction of sp³-hybridized carbons (Fsp3) is 0.562. The van der Waals surface area contributed by atoms with Gasteiger partial charge in [0.15, 0.2) is 0 Å². The Labute approximate surface area is 114 Å². The molecule has 3 rings (SSSR count). The first-order valence-corrected chi connectivity index (χ1v) is 7.10. The molecule has 1 saturated carbocycles. The smallest absolute Gasteiger partial charge is 0.226 e. The van der Waals surface area contributed by atoms with Gasteiger partial charge in [-0.25, -0.2) is 0 Å². The van der Waals surface area contributed by atoms with Crippen molar-refractivity contribution in [2.45, 2.75) is 31.7 Å². The van der Waals surface area contributed by atoms with Crippen LogP contribution in [0.3, 0.4) is 0 Å². The number of rotatable bonds is 3. The molecule has 2 aliphatic carbocycles. The molecule has 4 atom stereocenters. The first kappa shape index (κ1) is 12.7. The van der Waals surface area contributed by atoms with E-state index in [1.165, 1.54) is 11.1 Å². The molecule has 4 unspecified atom stereocenters. The Morgan fingerprint density at radius 1 is 1.47 bits per heavy atom. The van der Waals surface area contributed by atoms with E-state index in [2.05, 4.69) is 24.3 Å². The van der Waals surface area contributed by atoms with Gasteiger partial charge in [-0.2, -0.15) is 0 Å². The maximum atomic E-state index is 12.5. The Morgan fingerprint density at radius 2 is 2.21 bits per heavy atom. The molecule has 3 heteroatoms. The summed E-state index contributed by atoms with van der Waals surface area (Å²) in [6, 6.07) is 8.42. The molecular formula is C16H21NO2. The zero-order valence-electron chi connectivity index (χ0n) is 11.5. The molecule has 1 amide bonds. The number of carbonyl (C=O) groups excluding carboxylic acids is 1. The summed E-state index contributed by atoms with van der Waals surface area (Å²) in [4.78, 5) is 14.2. The predicted octanol–water partition coefficient (Wildman–Crippen LogP) is 1.80. The van der Waals surface area contributed by atoms with Crippen LogP contribution in [-0.4, -0.2) is 35.6 Å². The molecule has 3 nitrogen and oxygen atoms in total. The minimum absolute atomic E-state index is 0.0287. The van der Waals surface area contributed by atoms with Crippen molar-refractivity contribution in [3.63, 3.8) is 0 Å². The molecule has 0 radical (unpaired) electrons. The van der Waals surface area contributed by atoms with Crippen LogP contribution in [0.15, 0.2) is 24.3 Å². The first-order chi connectivity index (χ1) is 9.15. The van der Waals surface area contributed by atoms with Gasteiger partial charge in [0.1, 0.15) is 0 Å². The molecule has 0 aromatic heterocycles. The average molecular weight is 259 g/mol. The lowest BCUT2D eigenvalue weighted by atomic mass is 9.92. The molecule has 0 bridgehead atoms. The number of likely N-dealkylation sites (N-methyl/N-ethyl adjacent to an activating group) is 1.